The molecule has 0 N–H and O–H groups in total. The van der Waals surface area contributed by atoms with E-state index in [0.29, 0.717) is 11.3 Å². The molecule has 154 valence electrons. The Hall–Kier alpha value is -3.62. The second-order valence-corrected chi connectivity index (χ2v) is 6.85. The van der Waals surface area contributed by atoms with Gasteiger partial charge in [0, 0.05) is 25.4 Å². The first-order chi connectivity index (χ1) is 14.5. The van der Waals surface area contributed by atoms with E-state index in [1.807, 2.05) is 25.3 Å². The van der Waals surface area contributed by atoms with Crippen LogP contribution in [0, 0.1) is 0 Å². The van der Waals surface area contributed by atoms with E-state index < -0.39 is 6.43 Å². The average molecular weight is 410 g/mol. The maximum absolute atomic E-state index is 13.7. The summed E-state index contributed by atoms with van der Waals surface area (Å²) in [4.78, 5) is 19.0. The van der Waals surface area contributed by atoms with Gasteiger partial charge >= 0.3 is 0 Å². The maximum atomic E-state index is 13.7. The van der Waals surface area contributed by atoms with Crippen LogP contribution >= 0.6 is 0 Å². The van der Waals surface area contributed by atoms with Crippen LogP contribution in [0.3, 0.4) is 0 Å². The van der Waals surface area contributed by atoms with Crippen molar-refractivity contribution in [3.8, 4) is 11.3 Å². The summed E-state index contributed by atoms with van der Waals surface area (Å²) in [5, 5.41) is 8.38. The van der Waals surface area contributed by atoms with Crippen molar-refractivity contribution in [1.82, 2.24) is 29.3 Å². The fraction of sp³-hybridized carbons (Fsp3) is 0.238. The summed E-state index contributed by atoms with van der Waals surface area (Å²) in [6, 6.07) is 12.1. The van der Waals surface area contributed by atoms with E-state index in [9.17, 15) is 13.6 Å². The van der Waals surface area contributed by atoms with Crippen molar-refractivity contribution in [3.63, 3.8) is 0 Å². The lowest BCUT2D eigenvalue weighted by Gasteiger charge is -2.15. The summed E-state index contributed by atoms with van der Waals surface area (Å²) in [5.74, 6) is -0.367. The minimum Gasteiger partial charge on any atom is -0.336 e. The fourth-order valence-corrected chi connectivity index (χ4v) is 3.23. The van der Waals surface area contributed by atoms with Gasteiger partial charge in [0.05, 0.1) is 24.1 Å². The topological polar surface area (TPSA) is 68.3 Å². The molecule has 0 aliphatic heterocycles. The van der Waals surface area contributed by atoms with Crippen molar-refractivity contribution in [2.24, 2.45) is 0 Å². The number of nitrogens with zero attached hydrogens (tertiary/aromatic N) is 6. The molecule has 1 aromatic carbocycles. The summed E-state index contributed by atoms with van der Waals surface area (Å²) in [6.07, 6.45) is 0.356. The highest BCUT2D eigenvalue weighted by Gasteiger charge is 2.23. The molecule has 0 bridgehead atoms. The molecule has 0 aliphatic carbocycles. The number of aryl methyl sites for hydroxylation is 1. The largest absolute Gasteiger partial charge is 0.336 e. The Balaban J connectivity index is 1.73. The van der Waals surface area contributed by atoms with Gasteiger partial charge in [-0.3, -0.25) is 9.48 Å². The van der Waals surface area contributed by atoms with E-state index in [-0.39, 0.29) is 29.4 Å². The Bertz CT molecular complexity index is 1180. The summed E-state index contributed by atoms with van der Waals surface area (Å²) in [7, 11) is 1.63. The standard InChI is InChI=1S/C21H20F2N6O/c1-3-28-10-9-15(26-28)13-27(2)21(30)16-12-24-29-18(19(22)23)11-17(25-20(16)29)14-7-5-4-6-8-14/h4-12,19H,3,13H2,1-2H3. The third-order valence-electron chi connectivity index (χ3n) is 4.79. The molecule has 0 saturated heterocycles. The minimum absolute atomic E-state index is 0.0996. The van der Waals surface area contributed by atoms with Gasteiger partial charge in [-0.15, -0.1) is 0 Å². The molecule has 0 fully saturated rings. The van der Waals surface area contributed by atoms with Crippen molar-refractivity contribution in [1.29, 1.82) is 0 Å². The van der Waals surface area contributed by atoms with Crippen LogP contribution in [-0.4, -0.2) is 42.2 Å². The van der Waals surface area contributed by atoms with Gasteiger partial charge in [-0.25, -0.2) is 18.3 Å². The highest BCUT2D eigenvalue weighted by Crippen LogP contribution is 2.27. The van der Waals surface area contributed by atoms with E-state index in [4.69, 9.17) is 0 Å². The molecule has 0 aliphatic rings. The highest BCUT2D eigenvalue weighted by molar-refractivity contribution is 5.99. The Kier molecular flexibility index (Phi) is 5.26. The molecule has 4 rings (SSSR count). The monoisotopic (exact) mass is 410 g/mol. The number of amides is 1. The molecule has 7 nitrogen and oxygen atoms in total. The van der Waals surface area contributed by atoms with Crippen molar-refractivity contribution < 1.29 is 13.6 Å². The van der Waals surface area contributed by atoms with Crippen LogP contribution in [0.5, 0.6) is 0 Å². The Morgan fingerprint density at radius 3 is 2.63 bits per heavy atom. The highest BCUT2D eigenvalue weighted by atomic mass is 19.3. The molecule has 3 heterocycles. The first-order valence-electron chi connectivity index (χ1n) is 9.48. The van der Waals surface area contributed by atoms with Crippen molar-refractivity contribution in [2.75, 3.05) is 7.05 Å². The van der Waals surface area contributed by atoms with Gasteiger partial charge in [0.15, 0.2) is 5.65 Å². The molecule has 1 amide bonds. The predicted octanol–water partition coefficient (Wildman–Crippen LogP) is 3.82. The van der Waals surface area contributed by atoms with E-state index >= 15 is 0 Å². The molecule has 30 heavy (non-hydrogen) atoms. The lowest BCUT2D eigenvalue weighted by Crippen LogP contribution is -2.26. The lowest BCUT2D eigenvalue weighted by molar-refractivity contribution is 0.0784. The second kappa shape index (κ2) is 8.02. The molecular weight excluding hydrogens is 390 g/mol. The fourth-order valence-electron chi connectivity index (χ4n) is 3.23. The molecular formula is C21H20F2N6O. The van der Waals surface area contributed by atoms with Gasteiger partial charge in [0.1, 0.15) is 11.3 Å². The molecule has 0 saturated carbocycles. The summed E-state index contributed by atoms with van der Waals surface area (Å²) >= 11 is 0. The number of rotatable bonds is 6. The van der Waals surface area contributed by atoms with Gasteiger partial charge in [0.2, 0.25) is 0 Å². The normalized spacial score (nSPS) is 11.4. The average Bonchev–Trinajstić information content (AvgIpc) is 3.39. The number of carbonyl (C=O) groups excluding carboxylic acids is 1. The molecule has 0 atom stereocenters. The van der Waals surface area contributed by atoms with Crippen LogP contribution in [0.25, 0.3) is 16.9 Å². The van der Waals surface area contributed by atoms with Gasteiger partial charge in [-0.05, 0) is 19.1 Å². The van der Waals surface area contributed by atoms with Crippen molar-refractivity contribution >= 4 is 11.6 Å². The quantitative estimate of drug-likeness (QED) is 0.485. The number of hydrogen-bond donors (Lipinski definition) is 0. The third kappa shape index (κ3) is 3.66. The molecule has 9 heteroatoms. The van der Waals surface area contributed by atoms with Crippen LogP contribution in [0.15, 0.2) is 54.9 Å². The van der Waals surface area contributed by atoms with E-state index in [2.05, 4.69) is 15.2 Å². The van der Waals surface area contributed by atoms with E-state index in [1.54, 1.807) is 36.0 Å². The first-order valence-corrected chi connectivity index (χ1v) is 9.48. The maximum Gasteiger partial charge on any atom is 0.280 e. The molecule has 0 radical (unpaired) electrons. The Morgan fingerprint density at radius 1 is 1.20 bits per heavy atom. The van der Waals surface area contributed by atoms with Crippen LogP contribution in [0.4, 0.5) is 8.78 Å². The number of carbonyl (C=O) groups is 1. The molecule has 3 aromatic heterocycles. The number of benzene rings is 1. The Morgan fingerprint density at radius 2 is 1.97 bits per heavy atom. The van der Waals surface area contributed by atoms with Crippen LogP contribution in [0.2, 0.25) is 0 Å². The Labute approximate surface area is 171 Å². The van der Waals surface area contributed by atoms with Crippen LogP contribution in [0.1, 0.15) is 35.1 Å². The smallest absolute Gasteiger partial charge is 0.280 e. The van der Waals surface area contributed by atoms with Crippen LogP contribution < -0.4 is 0 Å². The summed E-state index contributed by atoms with van der Waals surface area (Å²) in [6.45, 7) is 2.98. The van der Waals surface area contributed by atoms with Gasteiger partial charge in [0.25, 0.3) is 12.3 Å². The number of fused-ring (bicyclic) bond motifs is 1. The molecule has 0 unspecified atom stereocenters. The zero-order valence-corrected chi connectivity index (χ0v) is 16.5. The third-order valence-corrected chi connectivity index (χ3v) is 4.79. The number of hydrogen-bond acceptors (Lipinski definition) is 4. The van der Waals surface area contributed by atoms with E-state index in [1.165, 1.54) is 17.2 Å². The SMILES string of the molecule is CCn1ccc(CN(C)C(=O)c2cnn3c(C(F)F)cc(-c4ccccc4)nc23)n1. The van der Waals surface area contributed by atoms with Crippen LogP contribution in [-0.2, 0) is 13.1 Å². The van der Waals surface area contributed by atoms with Gasteiger partial charge in [-0.2, -0.15) is 10.2 Å². The molecule has 4 aromatic rings. The zero-order valence-electron chi connectivity index (χ0n) is 16.5. The lowest BCUT2D eigenvalue weighted by atomic mass is 10.1. The second-order valence-electron chi connectivity index (χ2n) is 6.85. The first kappa shape index (κ1) is 19.7. The summed E-state index contributed by atoms with van der Waals surface area (Å²) in [5.41, 5.74) is 1.71. The molecule has 0 spiro atoms. The summed E-state index contributed by atoms with van der Waals surface area (Å²) < 4.78 is 30.2. The van der Waals surface area contributed by atoms with E-state index in [0.717, 1.165) is 16.8 Å². The van der Waals surface area contributed by atoms with Crippen molar-refractivity contribution in [2.45, 2.75) is 26.4 Å². The van der Waals surface area contributed by atoms with Crippen molar-refractivity contribution in [3.05, 3.63) is 71.8 Å². The number of halogens is 2. The number of alkyl halides is 2. The minimum atomic E-state index is -2.77. The predicted molar refractivity (Wildman–Crippen MR) is 107 cm³/mol. The van der Waals surface area contributed by atoms with Gasteiger partial charge in [-0.1, -0.05) is 30.3 Å². The zero-order chi connectivity index (χ0) is 21.3. The number of aromatic nitrogens is 5. The van der Waals surface area contributed by atoms with Gasteiger partial charge < -0.3 is 4.90 Å².